The average Bonchev–Trinajstić information content (AvgIpc) is 2.85. The lowest BCUT2D eigenvalue weighted by atomic mass is 9.72. The van der Waals surface area contributed by atoms with Crippen LogP contribution in [0.3, 0.4) is 0 Å². The van der Waals surface area contributed by atoms with Crippen molar-refractivity contribution in [3.63, 3.8) is 0 Å². The molecule has 3 aliphatic rings. The second-order valence-electron chi connectivity index (χ2n) is 8.65. The Bertz CT molecular complexity index is 1020. The third-order valence-electron chi connectivity index (χ3n) is 6.86. The van der Waals surface area contributed by atoms with Gasteiger partial charge >= 0.3 is 0 Å². The van der Waals surface area contributed by atoms with Crippen LogP contribution in [0.2, 0.25) is 0 Å². The van der Waals surface area contributed by atoms with Gasteiger partial charge < -0.3 is 4.74 Å². The highest BCUT2D eigenvalue weighted by Gasteiger charge is 2.44. The van der Waals surface area contributed by atoms with Crippen molar-refractivity contribution in [2.24, 2.45) is 10.9 Å². The molecule has 0 saturated carbocycles. The smallest absolute Gasteiger partial charge is 0.119 e. The van der Waals surface area contributed by atoms with Gasteiger partial charge in [-0.1, -0.05) is 72.8 Å². The molecule has 2 bridgehead atoms. The van der Waals surface area contributed by atoms with Crippen LogP contribution in [-0.2, 0) is 6.54 Å². The second-order valence-corrected chi connectivity index (χ2v) is 8.65. The van der Waals surface area contributed by atoms with Crippen molar-refractivity contribution in [3.05, 3.63) is 102 Å². The first kappa shape index (κ1) is 20.0. The number of aliphatic imine (C=N–C) groups is 1. The molecule has 0 N–H and O–H groups in total. The zero-order valence-corrected chi connectivity index (χ0v) is 18.2. The van der Waals surface area contributed by atoms with Crippen molar-refractivity contribution in [2.45, 2.75) is 31.3 Å². The summed E-state index contributed by atoms with van der Waals surface area (Å²) in [5.74, 6) is 1.75. The predicted octanol–water partition coefficient (Wildman–Crippen LogP) is 5.56. The normalized spacial score (nSPS) is 24.8. The van der Waals surface area contributed by atoms with E-state index in [1.54, 1.807) is 7.11 Å². The van der Waals surface area contributed by atoms with Gasteiger partial charge in [0.2, 0.25) is 0 Å². The topological polar surface area (TPSA) is 24.8 Å². The zero-order chi connectivity index (χ0) is 21.0. The Morgan fingerprint density at radius 3 is 2.26 bits per heavy atom. The van der Waals surface area contributed by atoms with E-state index in [0.717, 1.165) is 25.4 Å². The molecule has 3 aliphatic heterocycles. The van der Waals surface area contributed by atoms with Gasteiger partial charge in [0.15, 0.2) is 0 Å². The summed E-state index contributed by atoms with van der Waals surface area (Å²) in [6.45, 7) is 3.08. The molecule has 2 atom stereocenters. The molecule has 3 nitrogen and oxygen atoms in total. The van der Waals surface area contributed by atoms with Crippen LogP contribution in [0.1, 0.15) is 35.4 Å². The molecule has 3 aromatic rings. The third kappa shape index (κ3) is 4.15. The molecule has 0 aromatic heterocycles. The van der Waals surface area contributed by atoms with Crippen LogP contribution in [-0.4, -0.2) is 36.9 Å². The lowest BCUT2D eigenvalue weighted by Gasteiger charge is -2.49. The van der Waals surface area contributed by atoms with E-state index < -0.39 is 0 Å². The lowest BCUT2D eigenvalue weighted by molar-refractivity contribution is 0.135. The third-order valence-corrected chi connectivity index (χ3v) is 6.86. The number of methoxy groups -OCH3 is 1. The SMILES string of the molecule is COc1cccc(C(c2ccccc2)C2C(=NCc3ccccc3)C3CCN2CC3)c1. The Hall–Kier alpha value is -2.91. The fraction of sp³-hybridized carbons (Fsp3) is 0.321. The van der Waals surface area contributed by atoms with Gasteiger partial charge in [-0.2, -0.15) is 0 Å². The van der Waals surface area contributed by atoms with E-state index in [0.29, 0.717) is 12.0 Å². The van der Waals surface area contributed by atoms with Crippen LogP contribution in [0.15, 0.2) is 89.9 Å². The first-order valence-electron chi connectivity index (χ1n) is 11.3. The molecule has 0 aliphatic carbocycles. The fourth-order valence-corrected chi connectivity index (χ4v) is 5.32. The number of hydrogen-bond donors (Lipinski definition) is 0. The van der Waals surface area contributed by atoms with Crippen molar-refractivity contribution >= 4 is 5.71 Å². The summed E-state index contributed by atoms with van der Waals surface area (Å²) in [6, 6.07) is 30.5. The summed E-state index contributed by atoms with van der Waals surface area (Å²) < 4.78 is 5.58. The van der Waals surface area contributed by atoms with Gasteiger partial charge in [0.05, 0.1) is 19.7 Å². The molecular formula is C28H30N2O. The summed E-state index contributed by atoms with van der Waals surface area (Å²) in [6.07, 6.45) is 2.45. The van der Waals surface area contributed by atoms with E-state index >= 15 is 0 Å². The van der Waals surface area contributed by atoms with E-state index in [9.17, 15) is 0 Å². The molecule has 3 aromatic carbocycles. The van der Waals surface area contributed by atoms with Crippen molar-refractivity contribution in [1.29, 1.82) is 0 Å². The van der Waals surface area contributed by atoms with Crippen LogP contribution in [0.25, 0.3) is 0 Å². The Kier molecular flexibility index (Phi) is 5.86. The molecule has 31 heavy (non-hydrogen) atoms. The van der Waals surface area contributed by atoms with Gasteiger partial charge in [-0.25, -0.2) is 0 Å². The maximum Gasteiger partial charge on any atom is 0.119 e. The molecule has 158 valence electrons. The molecule has 3 fully saturated rings. The van der Waals surface area contributed by atoms with Gasteiger partial charge in [0.1, 0.15) is 5.75 Å². The molecule has 0 spiro atoms. The van der Waals surface area contributed by atoms with Crippen molar-refractivity contribution in [3.8, 4) is 5.75 Å². The predicted molar refractivity (Wildman–Crippen MR) is 127 cm³/mol. The summed E-state index contributed by atoms with van der Waals surface area (Å²) in [4.78, 5) is 7.94. The number of piperidine rings is 3. The molecule has 3 heteroatoms. The van der Waals surface area contributed by atoms with E-state index in [1.165, 1.54) is 35.2 Å². The summed E-state index contributed by atoms with van der Waals surface area (Å²) >= 11 is 0. The monoisotopic (exact) mass is 410 g/mol. The average molecular weight is 411 g/mol. The van der Waals surface area contributed by atoms with Gasteiger partial charge in [-0.15, -0.1) is 0 Å². The Morgan fingerprint density at radius 1 is 0.871 bits per heavy atom. The van der Waals surface area contributed by atoms with E-state index in [-0.39, 0.29) is 5.92 Å². The summed E-state index contributed by atoms with van der Waals surface area (Å²) in [5, 5.41) is 0. The molecule has 0 radical (unpaired) electrons. The first-order valence-corrected chi connectivity index (χ1v) is 11.3. The van der Waals surface area contributed by atoms with Gasteiger partial charge in [0, 0.05) is 17.5 Å². The first-order chi connectivity index (χ1) is 15.3. The van der Waals surface area contributed by atoms with Crippen molar-refractivity contribution < 1.29 is 4.74 Å². The van der Waals surface area contributed by atoms with Gasteiger partial charge in [0.25, 0.3) is 0 Å². The van der Waals surface area contributed by atoms with E-state index in [4.69, 9.17) is 9.73 Å². The number of ether oxygens (including phenoxy) is 1. The fourth-order valence-electron chi connectivity index (χ4n) is 5.32. The summed E-state index contributed by atoms with van der Waals surface area (Å²) in [5.41, 5.74) is 5.32. The van der Waals surface area contributed by atoms with E-state index in [2.05, 4.69) is 83.8 Å². The highest BCUT2D eigenvalue weighted by Crippen LogP contribution is 2.41. The molecule has 6 rings (SSSR count). The highest BCUT2D eigenvalue weighted by atomic mass is 16.5. The molecule has 0 amide bonds. The maximum absolute atomic E-state index is 5.58. The van der Waals surface area contributed by atoms with Crippen LogP contribution in [0.4, 0.5) is 0 Å². The van der Waals surface area contributed by atoms with Crippen molar-refractivity contribution in [1.82, 2.24) is 4.90 Å². The number of rotatable bonds is 6. The number of fused-ring (bicyclic) bond motifs is 3. The Balaban J connectivity index is 1.58. The number of benzene rings is 3. The number of nitrogens with zero attached hydrogens (tertiary/aromatic N) is 2. The standard InChI is InChI=1S/C28H30N2O/c1-31-25-14-8-13-24(19-25)26(22-11-6-3-7-12-22)28-27(23-15-17-30(28)18-16-23)29-20-21-9-4-2-5-10-21/h2-14,19,23,26,28H,15-18,20H2,1H3. The van der Waals surface area contributed by atoms with Crippen LogP contribution in [0.5, 0.6) is 5.75 Å². The van der Waals surface area contributed by atoms with Gasteiger partial charge in [-0.3, -0.25) is 9.89 Å². The lowest BCUT2D eigenvalue weighted by Crippen LogP contribution is -2.58. The largest absolute Gasteiger partial charge is 0.497 e. The van der Waals surface area contributed by atoms with Crippen LogP contribution < -0.4 is 4.74 Å². The molecule has 2 unspecified atom stereocenters. The van der Waals surface area contributed by atoms with E-state index in [1.807, 2.05) is 6.07 Å². The molecule has 3 heterocycles. The minimum absolute atomic E-state index is 0.244. The number of hydrogen-bond acceptors (Lipinski definition) is 3. The quantitative estimate of drug-likeness (QED) is 0.531. The Labute approximate surface area is 185 Å². The zero-order valence-electron chi connectivity index (χ0n) is 18.2. The summed E-state index contributed by atoms with van der Waals surface area (Å²) in [7, 11) is 1.75. The second kappa shape index (κ2) is 9.07. The minimum atomic E-state index is 0.244. The van der Waals surface area contributed by atoms with Crippen LogP contribution in [0, 0.1) is 5.92 Å². The van der Waals surface area contributed by atoms with Crippen molar-refractivity contribution in [2.75, 3.05) is 20.2 Å². The Morgan fingerprint density at radius 2 is 1.55 bits per heavy atom. The maximum atomic E-state index is 5.58. The molecular weight excluding hydrogens is 380 g/mol. The van der Waals surface area contributed by atoms with Gasteiger partial charge in [-0.05, 0) is 54.8 Å². The minimum Gasteiger partial charge on any atom is -0.497 e. The van der Waals surface area contributed by atoms with Crippen LogP contribution >= 0.6 is 0 Å². The highest BCUT2D eigenvalue weighted by molar-refractivity contribution is 5.94. The molecule has 3 saturated heterocycles.